The molecule has 0 radical (unpaired) electrons. The van der Waals surface area contributed by atoms with E-state index in [9.17, 15) is 14.4 Å². The van der Waals surface area contributed by atoms with Gasteiger partial charge in [0.15, 0.2) is 6.61 Å². The van der Waals surface area contributed by atoms with Gasteiger partial charge >= 0.3 is 0 Å². The van der Waals surface area contributed by atoms with Crippen LogP contribution in [0.2, 0.25) is 5.02 Å². The highest BCUT2D eigenvalue weighted by molar-refractivity contribution is 7.15. The number of halogens is 1. The molecule has 1 aromatic carbocycles. The van der Waals surface area contributed by atoms with E-state index in [1.54, 1.807) is 54.9 Å². The average Bonchev–Trinajstić information content (AvgIpc) is 3.43. The fourth-order valence-electron chi connectivity index (χ4n) is 3.93. The molecule has 0 aliphatic heterocycles. The summed E-state index contributed by atoms with van der Waals surface area (Å²) in [5.41, 5.74) is 5.49. The molecule has 0 unspecified atom stereocenters. The predicted molar refractivity (Wildman–Crippen MR) is 157 cm³/mol. The Bertz CT molecular complexity index is 1540. The van der Waals surface area contributed by atoms with Gasteiger partial charge in [0.1, 0.15) is 5.75 Å². The molecule has 2 amide bonds. The first-order chi connectivity index (χ1) is 19.3. The molecule has 0 saturated heterocycles. The van der Waals surface area contributed by atoms with E-state index < -0.39 is 0 Å². The van der Waals surface area contributed by atoms with Crippen molar-refractivity contribution in [3.63, 3.8) is 0 Å². The molecule has 208 valence electrons. The maximum absolute atomic E-state index is 13.2. The van der Waals surface area contributed by atoms with Crippen molar-refractivity contribution in [2.45, 2.75) is 33.4 Å². The van der Waals surface area contributed by atoms with Crippen LogP contribution in [0, 0.1) is 6.92 Å². The first kappa shape index (κ1) is 28.8. The van der Waals surface area contributed by atoms with Gasteiger partial charge in [0.2, 0.25) is 5.91 Å². The second-order valence-electron chi connectivity index (χ2n) is 8.92. The Labute approximate surface area is 241 Å². The maximum atomic E-state index is 13.2. The standard InChI is InChI=1S/C29H30ClN5O4S/c1-3-31-28(37)18-39-25-9-7-21(30)14-20(25)16-33-27(36)15-23-19(2)11-13-35(29(23)38)34-17-22-8-10-26(40-22)24-6-4-5-12-32-24/h4-14,34H,3,15-18H2,1-2H3,(H,31,37)(H,33,36). The number of hydrogen-bond acceptors (Lipinski definition) is 7. The van der Waals surface area contributed by atoms with Crippen molar-refractivity contribution in [3.8, 4) is 16.3 Å². The molecule has 3 N–H and O–H groups in total. The van der Waals surface area contributed by atoms with Crippen LogP contribution < -0.4 is 26.4 Å². The smallest absolute Gasteiger partial charge is 0.272 e. The van der Waals surface area contributed by atoms with Crippen molar-refractivity contribution in [1.29, 1.82) is 0 Å². The summed E-state index contributed by atoms with van der Waals surface area (Å²) in [5, 5.41) is 5.97. The van der Waals surface area contributed by atoms with E-state index in [1.165, 1.54) is 4.68 Å². The quantitative estimate of drug-likeness (QED) is 0.233. The van der Waals surface area contributed by atoms with Crippen LogP contribution in [-0.2, 0) is 29.1 Å². The molecule has 0 saturated carbocycles. The number of carbonyl (C=O) groups excluding carboxylic acids is 2. The van der Waals surface area contributed by atoms with Crippen molar-refractivity contribution in [2.24, 2.45) is 0 Å². The lowest BCUT2D eigenvalue weighted by Gasteiger charge is -2.14. The molecule has 0 spiro atoms. The molecule has 0 atom stereocenters. The molecule has 3 heterocycles. The average molecular weight is 580 g/mol. The highest BCUT2D eigenvalue weighted by atomic mass is 35.5. The zero-order valence-corrected chi connectivity index (χ0v) is 23.8. The summed E-state index contributed by atoms with van der Waals surface area (Å²) in [6.45, 7) is 4.55. The van der Waals surface area contributed by atoms with Gasteiger partial charge in [-0.25, -0.2) is 4.68 Å². The van der Waals surface area contributed by atoms with Crippen LogP contribution in [0.1, 0.15) is 28.5 Å². The van der Waals surface area contributed by atoms with Gasteiger partial charge in [0.05, 0.1) is 23.5 Å². The van der Waals surface area contributed by atoms with E-state index in [-0.39, 0.29) is 36.9 Å². The second-order valence-corrected chi connectivity index (χ2v) is 10.5. The van der Waals surface area contributed by atoms with Crippen molar-refractivity contribution in [1.82, 2.24) is 20.3 Å². The van der Waals surface area contributed by atoms with Crippen LogP contribution in [0.3, 0.4) is 0 Å². The summed E-state index contributed by atoms with van der Waals surface area (Å²) < 4.78 is 7.02. The summed E-state index contributed by atoms with van der Waals surface area (Å²) in [7, 11) is 0. The molecule has 11 heteroatoms. The first-order valence-corrected chi connectivity index (χ1v) is 13.9. The number of hydrogen-bond donors (Lipinski definition) is 3. The Balaban J connectivity index is 1.38. The maximum Gasteiger partial charge on any atom is 0.272 e. The molecule has 40 heavy (non-hydrogen) atoms. The van der Waals surface area contributed by atoms with Gasteiger partial charge in [-0.3, -0.25) is 19.4 Å². The topological polar surface area (TPSA) is 114 Å². The van der Waals surface area contributed by atoms with Crippen LogP contribution in [0.15, 0.2) is 71.8 Å². The van der Waals surface area contributed by atoms with Crippen molar-refractivity contribution in [2.75, 3.05) is 18.6 Å². The van der Waals surface area contributed by atoms with Crippen LogP contribution in [-0.4, -0.2) is 34.6 Å². The molecule has 9 nitrogen and oxygen atoms in total. The van der Waals surface area contributed by atoms with Gasteiger partial charge in [0.25, 0.3) is 11.5 Å². The Morgan fingerprint density at radius 3 is 2.67 bits per heavy atom. The molecule has 0 aliphatic rings. The van der Waals surface area contributed by atoms with E-state index in [4.69, 9.17) is 16.3 Å². The van der Waals surface area contributed by atoms with Crippen molar-refractivity contribution < 1.29 is 14.3 Å². The number of thiophene rings is 1. The third-order valence-electron chi connectivity index (χ3n) is 6.00. The minimum atomic E-state index is -0.328. The normalized spacial score (nSPS) is 10.7. The van der Waals surface area contributed by atoms with E-state index in [2.05, 4.69) is 21.0 Å². The fourth-order valence-corrected chi connectivity index (χ4v) is 5.04. The van der Waals surface area contributed by atoms with Gasteiger partial charge < -0.3 is 20.8 Å². The minimum Gasteiger partial charge on any atom is -0.483 e. The van der Waals surface area contributed by atoms with Crippen LogP contribution in [0.5, 0.6) is 5.75 Å². The van der Waals surface area contributed by atoms with Gasteiger partial charge in [0, 0.05) is 46.5 Å². The molecular weight excluding hydrogens is 550 g/mol. The lowest BCUT2D eigenvalue weighted by atomic mass is 10.1. The lowest BCUT2D eigenvalue weighted by molar-refractivity contribution is -0.123. The summed E-state index contributed by atoms with van der Waals surface area (Å²) in [4.78, 5) is 44.3. The van der Waals surface area contributed by atoms with Gasteiger partial charge in [-0.2, -0.15) is 0 Å². The number of nitrogens with zero attached hydrogens (tertiary/aromatic N) is 2. The van der Waals surface area contributed by atoms with Crippen molar-refractivity contribution in [3.05, 3.63) is 104 Å². The highest BCUT2D eigenvalue weighted by Gasteiger charge is 2.14. The lowest BCUT2D eigenvalue weighted by Crippen LogP contribution is -2.34. The number of ether oxygens (including phenoxy) is 1. The molecule has 0 bridgehead atoms. The summed E-state index contributed by atoms with van der Waals surface area (Å²) in [6, 6.07) is 16.6. The largest absolute Gasteiger partial charge is 0.483 e. The van der Waals surface area contributed by atoms with Crippen LogP contribution in [0.4, 0.5) is 0 Å². The minimum absolute atomic E-state index is 0.0916. The Morgan fingerprint density at radius 1 is 1.05 bits per heavy atom. The third-order valence-corrected chi connectivity index (χ3v) is 7.34. The third kappa shape index (κ3) is 7.71. The monoisotopic (exact) mass is 579 g/mol. The fraction of sp³-hybridized carbons (Fsp3) is 0.241. The second kappa shape index (κ2) is 13.8. The summed E-state index contributed by atoms with van der Waals surface area (Å²) in [5.74, 6) is -0.131. The predicted octanol–water partition coefficient (Wildman–Crippen LogP) is 4.05. The number of carbonyl (C=O) groups is 2. The van der Waals surface area contributed by atoms with E-state index in [0.29, 0.717) is 35.0 Å². The van der Waals surface area contributed by atoms with Gasteiger partial charge in [-0.15, -0.1) is 11.3 Å². The molecule has 0 fully saturated rings. The Morgan fingerprint density at radius 2 is 1.90 bits per heavy atom. The van der Waals surface area contributed by atoms with E-state index >= 15 is 0 Å². The number of rotatable bonds is 12. The SMILES string of the molecule is CCNC(=O)COc1ccc(Cl)cc1CNC(=O)Cc1c(C)ccn(NCc2ccc(-c3ccccn3)s2)c1=O. The number of benzene rings is 1. The highest BCUT2D eigenvalue weighted by Crippen LogP contribution is 2.26. The number of aromatic nitrogens is 2. The van der Waals surface area contributed by atoms with Crippen LogP contribution >= 0.6 is 22.9 Å². The van der Waals surface area contributed by atoms with E-state index in [1.807, 2.05) is 37.3 Å². The number of amides is 2. The zero-order chi connectivity index (χ0) is 28.5. The zero-order valence-electron chi connectivity index (χ0n) is 22.2. The van der Waals surface area contributed by atoms with E-state index in [0.717, 1.165) is 21.0 Å². The number of aryl methyl sites for hydroxylation is 1. The van der Waals surface area contributed by atoms with Gasteiger partial charge in [-0.1, -0.05) is 17.7 Å². The Kier molecular flexibility index (Phi) is 9.93. The molecule has 0 aliphatic carbocycles. The van der Waals surface area contributed by atoms with Crippen molar-refractivity contribution >= 4 is 34.8 Å². The molecular formula is C29H30ClN5O4S. The molecule has 4 rings (SSSR count). The number of nitrogens with one attached hydrogen (secondary N) is 3. The number of likely N-dealkylation sites (N-methyl/N-ethyl adjacent to an activating group) is 1. The Hall–Kier alpha value is -4.15. The van der Waals surface area contributed by atoms with Crippen LogP contribution in [0.25, 0.3) is 10.6 Å². The number of pyridine rings is 2. The van der Waals surface area contributed by atoms with Gasteiger partial charge in [-0.05, 0) is 67.9 Å². The molecule has 4 aromatic rings. The molecule has 3 aromatic heterocycles. The first-order valence-electron chi connectivity index (χ1n) is 12.7. The summed E-state index contributed by atoms with van der Waals surface area (Å²) in [6.07, 6.45) is 3.33. The summed E-state index contributed by atoms with van der Waals surface area (Å²) >= 11 is 7.74.